The molecule has 2 amide bonds. The largest absolute Gasteiger partial charge is 0.350 e. The summed E-state index contributed by atoms with van der Waals surface area (Å²) in [6.45, 7) is 12.2. The molecule has 0 aliphatic rings. The highest BCUT2D eigenvalue weighted by atomic mass is 32.2. The molecule has 0 bridgehead atoms. The zero-order chi connectivity index (χ0) is 22.3. The third kappa shape index (κ3) is 7.52. The van der Waals surface area contributed by atoms with Gasteiger partial charge >= 0.3 is 0 Å². The van der Waals surface area contributed by atoms with E-state index in [0.29, 0.717) is 12.3 Å². The molecule has 0 aliphatic carbocycles. The van der Waals surface area contributed by atoms with Crippen LogP contribution in [0, 0.1) is 13.8 Å². The van der Waals surface area contributed by atoms with Gasteiger partial charge in [-0.2, -0.15) is 0 Å². The van der Waals surface area contributed by atoms with Crippen LogP contribution in [-0.4, -0.2) is 34.0 Å². The molecule has 1 N–H and O–H groups in total. The van der Waals surface area contributed by atoms with Crippen LogP contribution < -0.4 is 5.32 Å². The van der Waals surface area contributed by atoms with Crippen LogP contribution in [0.4, 0.5) is 0 Å². The second-order valence-corrected chi connectivity index (χ2v) is 9.83. The first-order valence-corrected chi connectivity index (χ1v) is 11.5. The van der Waals surface area contributed by atoms with Gasteiger partial charge in [0.15, 0.2) is 0 Å². The Balaban J connectivity index is 2.10. The fourth-order valence-corrected chi connectivity index (χ4v) is 3.92. The second kappa shape index (κ2) is 10.7. The van der Waals surface area contributed by atoms with Crippen molar-refractivity contribution in [2.75, 3.05) is 5.75 Å². The molecule has 2 rings (SSSR count). The predicted molar refractivity (Wildman–Crippen MR) is 126 cm³/mol. The molecule has 4 nitrogen and oxygen atoms in total. The molecule has 0 heterocycles. The summed E-state index contributed by atoms with van der Waals surface area (Å²) < 4.78 is 0. The Labute approximate surface area is 185 Å². The molecule has 0 aromatic heterocycles. The van der Waals surface area contributed by atoms with E-state index < -0.39 is 6.04 Å². The van der Waals surface area contributed by atoms with Crippen molar-refractivity contribution in [1.29, 1.82) is 0 Å². The third-order valence-electron chi connectivity index (χ3n) is 4.88. The van der Waals surface area contributed by atoms with Crippen molar-refractivity contribution in [3.8, 4) is 0 Å². The molecule has 162 valence electrons. The minimum Gasteiger partial charge on any atom is -0.350 e. The molecule has 0 radical (unpaired) electrons. The Hall–Kier alpha value is -2.27. The smallest absolute Gasteiger partial charge is 0.242 e. The van der Waals surface area contributed by atoms with Gasteiger partial charge in [-0.3, -0.25) is 9.59 Å². The third-order valence-corrected chi connectivity index (χ3v) is 5.87. The van der Waals surface area contributed by atoms with Gasteiger partial charge in [0.05, 0.1) is 5.75 Å². The number of thioether (sulfide) groups is 1. The average molecular weight is 427 g/mol. The van der Waals surface area contributed by atoms with Crippen molar-refractivity contribution in [1.82, 2.24) is 10.2 Å². The van der Waals surface area contributed by atoms with E-state index in [1.807, 2.05) is 58.9 Å². The summed E-state index contributed by atoms with van der Waals surface area (Å²) in [6.07, 6.45) is 0. The summed E-state index contributed by atoms with van der Waals surface area (Å²) in [7, 11) is 0. The van der Waals surface area contributed by atoms with Crippen molar-refractivity contribution >= 4 is 23.6 Å². The molecule has 1 atom stereocenters. The van der Waals surface area contributed by atoms with E-state index in [1.54, 1.807) is 16.7 Å². The molecular formula is C25H34N2O2S. The summed E-state index contributed by atoms with van der Waals surface area (Å²) in [5.41, 5.74) is 4.25. The molecule has 0 spiro atoms. The van der Waals surface area contributed by atoms with Gasteiger partial charge in [0.2, 0.25) is 11.8 Å². The van der Waals surface area contributed by atoms with Crippen molar-refractivity contribution < 1.29 is 9.59 Å². The highest BCUT2D eigenvalue weighted by molar-refractivity contribution is 7.99. The number of nitrogens with zero attached hydrogens (tertiary/aromatic N) is 1. The molecule has 0 aliphatic heterocycles. The molecule has 0 fully saturated rings. The lowest BCUT2D eigenvalue weighted by atomic mass is 10.1. The number of hydrogen-bond acceptors (Lipinski definition) is 3. The molecule has 2 aromatic rings. The fraction of sp³-hybridized carbons (Fsp3) is 0.440. The van der Waals surface area contributed by atoms with Crippen LogP contribution in [0.2, 0.25) is 0 Å². The molecule has 0 saturated heterocycles. The quantitative estimate of drug-likeness (QED) is 0.655. The number of carbonyl (C=O) groups excluding carboxylic acids is 2. The summed E-state index contributed by atoms with van der Waals surface area (Å²) >= 11 is 1.58. The normalized spacial score (nSPS) is 12.3. The van der Waals surface area contributed by atoms with E-state index in [1.165, 1.54) is 11.1 Å². The first-order valence-electron chi connectivity index (χ1n) is 10.4. The number of amides is 2. The number of hydrogen-bond donors (Lipinski definition) is 1. The fourth-order valence-electron chi connectivity index (χ4n) is 3.05. The first kappa shape index (κ1) is 24.0. The first-order chi connectivity index (χ1) is 14.1. The standard InChI is InChI=1S/C25H34N2O2S/c1-18-11-13-21(14-12-18)16-30-17-23(28)27(15-22-10-8-7-9-19(22)2)20(3)24(29)26-25(4,5)6/h7-14,20H,15-17H2,1-6H3,(H,26,29)/t20-/m1/s1. The van der Waals surface area contributed by atoms with Gasteiger partial charge < -0.3 is 10.2 Å². The Morgan fingerprint density at radius 3 is 2.27 bits per heavy atom. The molecule has 0 unspecified atom stereocenters. The van der Waals surface area contributed by atoms with Gasteiger partial charge in [-0.05, 0) is 58.2 Å². The maximum absolute atomic E-state index is 13.1. The molecular weight excluding hydrogens is 392 g/mol. The predicted octanol–water partition coefficient (Wildman–Crippen LogP) is 4.87. The van der Waals surface area contributed by atoms with Crippen LogP contribution in [0.15, 0.2) is 48.5 Å². The average Bonchev–Trinajstić information content (AvgIpc) is 2.67. The zero-order valence-corrected chi connectivity index (χ0v) is 19.8. The second-order valence-electron chi connectivity index (χ2n) is 8.84. The molecule has 5 heteroatoms. The number of nitrogens with one attached hydrogen (secondary N) is 1. The maximum Gasteiger partial charge on any atom is 0.242 e. The summed E-state index contributed by atoms with van der Waals surface area (Å²) in [5.74, 6) is 0.958. The molecule has 30 heavy (non-hydrogen) atoms. The molecule has 0 saturated carbocycles. The minimum atomic E-state index is -0.545. The Morgan fingerprint density at radius 2 is 1.67 bits per heavy atom. The lowest BCUT2D eigenvalue weighted by Gasteiger charge is -2.31. The Kier molecular flexibility index (Phi) is 8.54. The number of benzene rings is 2. The van der Waals surface area contributed by atoms with E-state index in [4.69, 9.17) is 0 Å². The van der Waals surface area contributed by atoms with Gasteiger partial charge in [0.25, 0.3) is 0 Å². The van der Waals surface area contributed by atoms with Gasteiger partial charge in [0.1, 0.15) is 6.04 Å². The lowest BCUT2D eigenvalue weighted by Crippen LogP contribution is -2.52. The minimum absolute atomic E-state index is 0.0214. The lowest BCUT2D eigenvalue weighted by molar-refractivity contribution is -0.139. The summed E-state index contributed by atoms with van der Waals surface area (Å²) in [4.78, 5) is 27.6. The van der Waals surface area contributed by atoms with Crippen LogP contribution in [0.5, 0.6) is 0 Å². The van der Waals surface area contributed by atoms with Crippen molar-refractivity contribution in [2.45, 2.75) is 65.4 Å². The van der Waals surface area contributed by atoms with Crippen LogP contribution in [0.25, 0.3) is 0 Å². The monoisotopic (exact) mass is 426 g/mol. The van der Waals surface area contributed by atoms with E-state index in [-0.39, 0.29) is 17.4 Å². The van der Waals surface area contributed by atoms with Crippen molar-refractivity contribution in [3.05, 3.63) is 70.8 Å². The van der Waals surface area contributed by atoms with Gasteiger partial charge in [-0.1, -0.05) is 54.1 Å². The summed E-state index contributed by atoms with van der Waals surface area (Å²) in [5, 5.41) is 3.00. The van der Waals surface area contributed by atoms with Gasteiger partial charge in [0, 0.05) is 17.8 Å². The van der Waals surface area contributed by atoms with Crippen molar-refractivity contribution in [3.63, 3.8) is 0 Å². The maximum atomic E-state index is 13.1. The summed E-state index contributed by atoms with van der Waals surface area (Å²) in [6, 6.07) is 15.8. The SMILES string of the molecule is Cc1ccc(CSCC(=O)N(Cc2ccccc2C)[C@H](C)C(=O)NC(C)(C)C)cc1. The van der Waals surface area contributed by atoms with Gasteiger partial charge in [-0.25, -0.2) is 0 Å². The van der Waals surface area contributed by atoms with E-state index in [2.05, 4.69) is 36.5 Å². The highest BCUT2D eigenvalue weighted by Crippen LogP contribution is 2.18. The highest BCUT2D eigenvalue weighted by Gasteiger charge is 2.28. The Morgan fingerprint density at radius 1 is 1.03 bits per heavy atom. The van der Waals surface area contributed by atoms with E-state index >= 15 is 0 Å². The van der Waals surface area contributed by atoms with Crippen LogP contribution in [0.3, 0.4) is 0 Å². The van der Waals surface area contributed by atoms with Crippen LogP contribution in [0.1, 0.15) is 49.9 Å². The number of aryl methyl sites for hydroxylation is 2. The van der Waals surface area contributed by atoms with Crippen molar-refractivity contribution in [2.24, 2.45) is 0 Å². The molecule has 2 aromatic carbocycles. The zero-order valence-electron chi connectivity index (χ0n) is 19.0. The number of rotatable bonds is 8. The topological polar surface area (TPSA) is 49.4 Å². The Bertz CT molecular complexity index is 856. The van der Waals surface area contributed by atoms with E-state index in [0.717, 1.165) is 16.9 Å². The van der Waals surface area contributed by atoms with E-state index in [9.17, 15) is 9.59 Å². The number of carbonyl (C=O) groups is 2. The van der Waals surface area contributed by atoms with Crippen LogP contribution >= 0.6 is 11.8 Å². The van der Waals surface area contributed by atoms with Crippen LogP contribution in [-0.2, 0) is 21.9 Å². The van der Waals surface area contributed by atoms with Gasteiger partial charge in [-0.15, -0.1) is 11.8 Å².